The van der Waals surface area contributed by atoms with Gasteiger partial charge in [-0.05, 0) is 12.5 Å². The molecule has 0 radical (unpaired) electrons. The van der Waals surface area contributed by atoms with Crippen molar-refractivity contribution < 1.29 is 4.92 Å². The minimum absolute atomic E-state index is 0.189. The van der Waals surface area contributed by atoms with Crippen molar-refractivity contribution in [2.45, 2.75) is 25.9 Å². The summed E-state index contributed by atoms with van der Waals surface area (Å²) in [5, 5.41) is 17.2. The van der Waals surface area contributed by atoms with Gasteiger partial charge in [0.15, 0.2) is 0 Å². The third kappa shape index (κ3) is 3.12. The van der Waals surface area contributed by atoms with E-state index in [-0.39, 0.29) is 16.0 Å². The van der Waals surface area contributed by atoms with E-state index in [9.17, 15) is 10.1 Å². The lowest BCUT2D eigenvalue weighted by Crippen LogP contribution is -2.19. The van der Waals surface area contributed by atoms with Crippen molar-refractivity contribution in [1.82, 2.24) is 10.3 Å². The van der Waals surface area contributed by atoms with E-state index in [2.05, 4.69) is 17.2 Å². The average molecular weight is 283 g/mol. The first-order chi connectivity index (χ1) is 8.70. The molecule has 1 unspecified atom stereocenters. The van der Waals surface area contributed by atoms with Crippen LogP contribution in [0.5, 0.6) is 0 Å². The molecule has 2 heterocycles. The maximum Gasteiger partial charge on any atom is 0.324 e. The minimum atomic E-state index is -0.355. The molecule has 0 saturated heterocycles. The molecule has 0 aliphatic rings. The topological polar surface area (TPSA) is 68.1 Å². The summed E-state index contributed by atoms with van der Waals surface area (Å²) in [5.74, 6) is 0. The summed E-state index contributed by atoms with van der Waals surface area (Å²) in [5.41, 5.74) is 0. The lowest BCUT2D eigenvalue weighted by atomic mass is 10.2. The van der Waals surface area contributed by atoms with Gasteiger partial charge in [-0.3, -0.25) is 10.1 Å². The van der Waals surface area contributed by atoms with Crippen LogP contribution in [0.2, 0.25) is 0 Å². The molecular weight excluding hydrogens is 270 g/mol. The van der Waals surface area contributed by atoms with E-state index in [1.807, 2.05) is 5.38 Å². The number of rotatable bonds is 6. The first-order valence-electron chi connectivity index (χ1n) is 5.56. The van der Waals surface area contributed by atoms with Gasteiger partial charge in [0.1, 0.15) is 5.01 Å². The predicted octanol–water partition coefficient (Wildman–Crippen LogP) is 3.35. The molecule has 0 fully saturated rings. The quantitative estimate of drug-likeness (QED) is 0.652. The van der Waals surface area contributed by atoms with Gasteiger partial charge >= 0.3 is 5.00 Å². The lowest BCUT2D eigenvalue weighted by molar-refractivity contribution is -0.380. The molecule has 96 valence electrons. The van der Waals surface area contributed by atoms with Crippen molar-refractivity contribution in [3.63, 3.8) is 0 Å². The van der Waals surface area contributed by atoms with E-state index in [4.69, 9.17) is 0 Å². The zero-order chi connectivity index (χ0) is 13.0. The Morgan fingerprint density at radius 1 is 1.56 bits per heavy atom. The second kappa shape index (κ2) is 6.03. The second-order valence-electron chi connectivity index (χ2n) is 3.71. The highest BCUT2D eigenvalue weighted by atomic mass is 32.1. The third-order valence-electron chi connectivity index (χ3n) is 2.51. The van der Waals surface area contributed by atoms with Gasteiger partial charge in [-0.15, -0.1) is 11.3 Å². The van der Waals surface area contributed by atoms with E-state index >= 15 is 0 Å². The summed E-state index contributed by atoms with van der Waals surface area (Å²) in [6.45, 7) is 2.73. The summed E-state index contributed by atoms with van der Waals surface area (Å²) in [6.07, 6.45) is 2.74. The molecule has 0 aromatic carbocycles. The van der Waals surface area contributed by atoms with E-state index in [0.717, 1.165) is 16.3 Å². The zero-order valence-corrected chi connectivity index (χ0v) is 11.5. The molecule has 2 aromatic rings. The molecule has 1 N–H and O–H groups in total. The number of hydrogen-bond donors (Lipinski definition) is 1. The smallest absolute Gasteiger partial charge is 0.303 e. The fraction of sp³-hybridized carbons (Fsp3) is 0.364. The van der Waals surface area contributed by atoms with Gasteiger partial charge in [-0.1, -0.05) is 18.3 Å². The van der Waals surface area contributed by atoms with Gasteiger partial charge < -0.3 is 5.32 Å². The number of nitrogens with one attached hydrogen (secondary N) is 1. The Balaban J connectivity index is 1.95. The number of hydrogen-bond acceptors (Lipinski definition) is 6. The average Bonchev–Trinajstić information content (AvgIpc) is 3.00. The third-order valence-corrected chi connectivity index (χ3v) is 4.43. The number of aromatic nitrogens is 1. The van der Waals surface area contributed by atoms with Crippen LogP contribution >= 0.6 is 22.7 Å². The molecule has 1 atom stereocenters. The number of thiophene rings is 1. The first-order valence-corrected chi connectivity index (χ1v) is 7.26. The summed E-state index contributed by atoms with van der Waals surface area (Å²) < 4.78 is 0. The first kappa shape index (κ1) is 13.1. The Kier molecular flexibility index (Phi) is 4.40. The van der Waals surface area contributed by atoms with E-state index in [0.29, 0.717) is 6.54 Å². The van der Waals surface area contributed by atoms with Crippen molar-refractivity contribution in [2.75, 3.05) is 0 Å². The van der Waals surface area contributed by atoms with Crippen LogP contribution in [0.4, 0.5) is 5.00 Å². The Bertz CT molecular complexity index is 510. The monoisotopic (exact) mass is 283 g/mol. The fourth-order valence-electron chi connectivity index (χ4n) is 1.60. The highest BCUT2D eigenvalue weighted by molar-refractivity contribution is 7.15. The molecule has 0 aliphatic carbocycles. The molecule has 2 aromatic heterocycles. The number of nitro groups is 1. The predicted molar refractivity (Wildman–Crippen MR) is 73.0 cm³/mol. The van der Waals surface area contributed by atoms with E-state index in [1.54, 1.807) is 29.7 Å². The van der Waals surface area contributed by atoms with Gasteiger partial charge in [-0.2, -0.15) is 0 Å². The highest BCUT2D eigenvalue weighted by Crippen LogP contribution is 2.25. The van der Waals surface area contributed by atoms with Crippen LogP contribution in [-0.2, 0) is 6.54 Å². The largest absolute Gasteiger partial charge is 0.324 e. The molecule has 0 amide bonds. The molecule has 0 saturated carbocycles. The van der Waals surface area contributed by atoms with Gasteiger partial charge in [0.05, 0.1) is 11.0 Å². The number of thiazole rings is 1. The second-order valence-corrected chi connectivity index (χ2v) is 5.78. The van der Waals surface area contributed by atoms with Crippen LogP contribution in [0, 0.1) is 10.1 Å². The molecule has 5 nitrogen and oxygen atoms in total. The Labute approximate surface area is 113 Å². The van der Waals surface area contributed by atoms with Gasteiger partial charge in [0, 0.05) is 29.1 Å². The molecule has 0 aliphatic heterocycles. The molecule has 0 spiro atoms. The van der Waals surface area contributed by atoms with Crippen molar-refractivity contribution in [3.8, 4) is 0 Å². The standard InChI is InChI=1S/C11H13N3O2S2/c1-2-9(11-12-5-6-17-11)13-7-8-3-4-10(18-8)14(15)16/h3-6,9,13H,2,7H2,1H3. The molecule has 18 heavy (non-hydrogen) atoms. The zero-order valence-electron chi connectivity index (χ0n) is 9.83. The van der Waals surface area contributed by atoms with Gasteiger partial charge in [-0.25, -0.2) is 4.98 Å². The van der Waals surface area contributed by atoms with E-state index < -0.39 is 0 Å². The van der Waals surface area contributed by atoms with Crippen molar-refractivity contribution >= 4 is 27.7 Å². The van der Waals surface area contributed by atoms with Crippen LogP contribution in [0.1, 0.15) is 29.3 Å². The van der Waals surface area contributed by atoms with Gasteiger partial charge in [0.25, 0.3) is 0 Å². The maximum atomic E-state index is 10.6. The van der Waals surface area contributed by atoms with Crippen LogP contribution in [0.15, 0.2) is 23.7 Å². The van der Waals surface area contributed by atoms with Crippen molar-refractivity contribution in [3.05, 3.63) is 43.7 Å². The molecular formula is C11H13N3O2S2. The van der Waals surface area contributed by atoms with Crippen LogP contribution in [0.25, 0.3) is 0 Å². The van der Waals surface area contributed by atoms with Crippen molar-refractivity contribution in [2.24, 2.45) is 0 Å². The normalized spacial score (nSPS) is 12.5. The fourth-order valence-corrected chi connectivity index (χ4v) is 3.16. The Morgan fingerprint density at radius 2 is 2.39 bits per heavy atom. The minimum Gasteiger partial charge on any atom is -0.303 e. The van der Waals surface area contributed by atoms with Crippen LogP contribution < -0.4 is 5.32 Å². The van der Waals surface area contributed by atoms with Crippen molar-refractivity contribution in [1.29, 1.82) is 0 Å². The summed E-state index contributed by atoms with van der Waals surface area (Å²) in [6, 6.07) is 3.56. The Hall–Kier alpha value is -1.31. The molecule has 0 bridgehead atoms. The highest BCUT2D eigenvalue weighted by Gasteiger charge is 2.13. The van der Waals surface area contributed by atoms with Crippen LogP contribution in [-0.4, -0.2) is 9.91 Å². The molecule has 2 rings (SSSR count). The van der Waals surface area contributed by atoms with Gasteiger partial charge in [0.2, 0.25) is 0 Å². The SMILES string of the molecule is CCC(NCc1ccc([N+](=O)[O-])s1)c1nccs1. The van der Waals surface area contributed by atoms with E-state index in [1.165, 1.54) is 11.3 Å². The summed E-state index contributed by atoms with van der Waals surface area (Å²) in [4.78, 5) is 15.5. The van der Waals surface area contributed by atoms with Crippen LogP contribution in [0.3, 0.4) is 0 Å². The Morgan fingerprint density at radius 3 is 2.94 bits per heavy atom. The maximum absolute atomic E-state index is 10.6. The molecule has 7 heteroatoms. The summed E-state index contributed by atoms with van der Waals surface area (Å²) >= 11 is 2.83. The lowest BCUT2D eigenvalue weighted by Gasteiger charge is -2.13. The number of nitrogens with zero attached hydrogens (tertiary/aromatic N) is 2. The summed E-state index contributed by atoms with van der Waals surface area (Å²) in [7, 11) is 0.